The lowest BCUT2D eigenvalue weighted by Crippen LogP contribution is -2.43. The van der Waals surface area contributed by atoms with Gasteiger partial charge in [-0.1, -0.05) is 6.92 Å². The van der Waals surface area contributed by atoms with E-state index in [0.717, 1.165) is 0 Å². The molecule has 1 saturated heterocycles. The number of rotatable bonds is 4. The van der Waals surface area contributed by atoms with Crippen molar-refractivity contribution in [1.29, 1.82) is 0 Å². The molecule has 0 atom stereocenters. The van der Waals surface area contributed by atoms with Gasteiger partial charge in [0, 0.05) is 19.5 Å². The molecule has 5 heteroatoms. The Kier molecular flexibility index (Phi) is 4.26. The third kappa shape index (κ3) is 3.47. The number of likely N-dealkylation sites (tertiary alicyclic amines) is 1. The molecule has 1 fully saturated rings. The van der Waals surface area contributed by atoms with Crippen LogP contribution in [0.1, 0.15) is 32.6 Å². The quantitative estimate of drug-likeness (QED) is 0.796. The van der Waals surface area contributed by atoms with Crippen molar-refractivity contribution < 1.29 is 19.1 Å². The number of halogens is 1. The molecule has 1 amide bonds. The van der Waals surface area contributed by atoms with Crippen molar-refractivity contribution in [1.82, 2.24) is 4.90 Å². The third-order valence-corrected chi connectivity index (χ3v) is 3.20. The number of carbonyl (C=O) groups is 2. The second-order valence-electron chi connectivity index (χ2n) is 4.72. The van der Waals surface area contributed by atoms with Crippen molar-refractivity contribution in [3.05, 3.63) is 0 Å². The van der Waals surface area contributed by atoms with Gasteiger partial charge in [0.15, 0.2) is 0 Å². The predicted molar refractivity (Wildman–Crippen MR) is 56.8 cm³/mol. The van der Waals surface area contributed by atoms with E-state index in [1.165, 1.54) is 0 Å². The number of hydrogen-bond donors (Lipinski definition) is 1. The molecule has 0 aromatic rings. The topological polar surface area (TPSA) is 57.6 Å². The third-order valence-electron chi connectivity index (χ3n) is 3.20. The first-order valence-corrected chi connectivity index (χ1v) is 5.52. The van der Waals surface area contributed by atoms with Crippen molar-refractivity contribution in [3.63, 3.8) is 0 Å². The van der Waals surface area contributed by atoms with Crippen LogP contribution in [0, 0.1) is 5.41 Å². The van der Waals surface area contributed by atoms with Crippen LogP contribution in [0.3, 0.4) is 0 Å². The molecule has 1 aliphatic rings. The first-order chi connectivity index (χ1) is 7.47. The lowest BCUT2D eigenvalue weighted by Gasteiger charge is -2.37. The minimum Gasteiger partial charge on any atom is -0.481 e. The van der Waals surface area contributed by atoms with E-state index < -0.39 is 5.97 Å². The van der Waals surface area contributed by atoms with Crippen LogP contribution in [-0.2, 0) is 9.59 Å². The van der Waals surface area contributed by atoms with Crippen LogP contribution in [0.5, 0.6) is 0 Å². The lowest BCUT2D eigenvalue weighted by atomic mass is 9.82. The second kappa shape index (κ2) is 5.27. The summed E-state index contributed by atoms with van der Waals surface area (Å²) in [5.74, 6) is -1.10. The zero-order valence-corrected chi connectivity index (χ0v) is 9.54. The van der Waals surface area contributed by atoms with Gasteiger partial charge in [0.25, 0.3) is 0 Å². The van der Waals surface area contributed by atoms with Gasteiger partial charge in [0.05, 0.1) is 13.1 Å². The zero-order valence-electron chi connectivity index (χ0n) is 9.54. The minimum absolute atomic E-state index is 0.0433. The summed E-state index contributed by atoms with van der Waals surface area (Å²) in [5.41, 5.74) is -0.302. The average molecular weight is 231 g/mol. The van der Waals surface area contributed by atoms with Gasteiger partial charge in [-0.2, -0.15) is 0 Å². The minimum atomic E-state index is -0.959. The fourth-order valence-corrected chi connectivity index (χ4v) is 1.80. The van der Waals surface area contributed by atoms with E-state index >= 15 is 0 Å². The number of carboxylic acid groups (broad SMARTS) is 1. The Labute approximate surface area is 94.4 Å². The number of piperidine rings is 1. The Hall–Kier alpha value is -1.13. The summed E-state index contributed by atoms with van der Waals surface area (Å²) in [4.78, 5) is 23.5. The number of carbonyl (C=O) groups excluding carboxylic acids is 1. The highest BCUT2D eigenvalue weighted by molar-refractivity contribution is 5.80. The molecular weight excluding hydrogens is 213 g/mol. The van der Waals surface area contributed by atoms with Crippen molar-refractivity contribution in [2.75, 3.05) is 19.8 Å². The van der Waals surface area contributed by atoms with Gasteiger partial charge in [0.2, 0.25) is 5.91 Å². The second-order valence-corrected chi connectivity index (χ2v) is 4.72. The number of carboxylic acids is 1. The van der Waals surface area contributed by atoms with E-state index in [4.69, 9.17) is 5.11 Å². The molecule has 0 spiro atoms. The highest BCUT2D eigenvalue weighted by Crippen LogP contribution is 2.31. The maximum Gasteiger partial charge on any atom is 0.303 e. The van der Waals surface area contributed by atoms with E-state index in [1.807, 2.05) is 6.92 Å². The molecule has 0 aliphatic carbocycles. The van der Waals surface area contributed by atoms with Gasteiger partial charge in [0.1, 0.15) is 0 Å². The van der Waals surface area contributed by atoms with Crippen molar-refractivity contribution >= 4 is 11.9 Å². The van der Waals surface area contributed by atoms with Crippen LogP contribution < -0.4 is 0 Å². The van der Waals surface area contributed by atoms with Crippen LogP contribution >= 0.6 is 0 Å². The molecule has 4 nitrogen and oxygen atoms in total. The number of alkyl halides is 1. The van der Waals surface area contributed by atoms with Crippen LogP contribution in [0.4, 0.5) is 4.39 Å². The molecule has 1 aliphatic heterocycles. The molecule has 0 saturated carbocycles. The highest BCUT2D eigenvalue weighted by atomic mass is 19.1. The molecule has 16 heavy (non-hydrogen) atoms. The number of hydrogen-bond acceptors (Lipinski definition) is 2. The zero-order chi connectivity index (χ0) is 12.2. The molecule has 0 aromatic heterocycles. The van der Waals surface area contributed by atoms with Crippen molar-refractivity contribution in [3.8, 4) is 0 Å². The Bertz CT molecular complexity index is 272. The van der Waals surface area contributed by atoms with Gasteiger partial charge in [-0.3, -0.25) is 14.0 Å². The lowest BCUT2D eigenvalue weighted by molar-refractivity contribution is -0.141. The van der Waals surface area contributed by atoms with Crippen LogP contribution in [-0.4, -0.2) is 41.6 Å². The molecular formula is C11H18FNO3. The summed E-state index contributed by atoms with van der Waals surface area (Å²) in [6, 6.07) is 0. The predicted octanol–water partition coefficient (Wildman–Crippen LogP) is 1.45. The Morgan fingerprint density at radius 1 is 1.31 bits per heavy atom. The van der Waals surface area contributed by atoms with Gasteiger partial charge >= 0.3 is 5.97 Å². The van der Waals surface area contributed by atoms with Crippen molar-refractivity contribution in [2.24, 2.45) is 5.41 Å². The molecule has 1 rings (SSSR count). The summed E-state index contributed by atoms with van der Waals surface area (Å²) in [5, 5.41) is 8.46. The fourth-order valence-electron chi connectivity index (χ4n) is 1.80. The van der Waals surface area contributed by atoms with Crippen LogP contribution in [0.25, 0.3) is 0 Å². The Morgan fingerprint density at radius 2 is 1.88 bits per heavy atom. The summed E-state index contributed by atoms with van der Waals surface area (Å²) in [6.07, 6.45) is 1.22. The molecule has 1 heterocycles. The summed E-state index contributed by atoms with van der Waals surface area (Å²) in [7, 11) is 0. The van der Waals surface area contributed by atoms with Crippen LogP contribution in [0.15, 0.2) is 0 Å². The van der Waals surface area contributed by atoms with E-state index in [0.29, 0.717) is 25.9 Å². The number of nitrogens with zero attached hydrogens (tertiary/aromatic N) is 1. The van der Waals surface area contributed by atoms with Gasteiger partial charge in [-0.15, -0.1) is 0 Å². The first kappa shape index (κ1) is 12.9. The number of aliphatic carboxylic acids is 1. The molecule has 0 aromatic carbocycles. The largest absolute Gasteiger partial charge is 0.481 e. The molecule has 0 radical (unpaired) electrons. The first-order valence-electron chi connectivity index (χ1n) is 5.52. The Balaban J connectivity index is 2.36. The van der Waals surface area contributed by atoms with Gasteiger partial charge < -0.3 is 10.0 Å². The maximum absolute atomic E-state index is 12.7. The van der Waals surface area contributed by atoms with E-state index in [9.17, 15) is 14.0 Å². The maximum atomic E-state index is 12.7. The van der Waals surface area contributed by atoms with Gasteiger partial charge in [-0.25, -0.2) is 0 Å². The molecule has 0 unspecified atom stereocenters. The smallest absolute Gasteiger partial charge is 0.303 e. The van der Waals surface area contributed by atoms with Gasteiger partial charge in [-0.05, 0) is 18.3 Å². The molecule has 92 valence electrons. The highest BCUT2D eigenvalue weighted by Gasteiger charge is 2.31. The monoisotopic (exact) mass is 231 g/mol. The average Bonchev–Trinajstić information content (AvgIpc) is 2.27. The van der Waals surface area contributed by atoms with E-state index in [2.05, 4.69) is 0 Å². The summed E-state index contributed by atoms with van der Waals surface area (Å²) in [6.45, 7) is 2.61. The van der Waals surface area contributed by atoms with Crippen molar-refractivity contribution in [2.45, 2.75) is 32.6 Å². The standard InChI is InChI=1S/C11H18FNO3/c1-11(8-12)4-6-13(7-5-11)9(14)2-3-10(15)16/h2-8H2,1H3,(H,15,16). The van der Waals surface area contributed by atoms with Crippen LogP contribution in [0.2, 0.25) is 0 Å². The Morgan fingerprint density at radius 3 is 2.31 bits per heavy atom. The SMILES string of the molecule is CC1(CF)CCN(C(=O)CCC(=O)O)CC1. The van der Waals surface area contributed by atoms with E-state index in [1.54, 1.807) is 4.90 Å². The molecule has 0 bridgehead atoms. The normalized spacial score (nSPS) is 19.5. The van der Waals surface area contributed by atoms with E-state index in [-0.39, 0.29) is 30.8 Å². The molecule has 1 N–H and O–H groups in total. The fraction of sp³-hybridized carbons (Fsp3) is 0.818. The summed E-state index contributed by atoms with van der Waals surface area (Å²) < 4.78 is 12.7. The summed E-state index contributed by atoms with van der Waals surface area (Å²) >= 11 is 0. The number of amides is 1.